The fourth-order valence-electron chi connectivity index (χ4n) is 4.08. The van der Waals surface area contributed by atoms with Gasteiger partial charge in [0.2, 0.25) is 5.88 Å². The molecule has 190 valence electrons. The van der Waals surface area contributed by atoms with E-state index < -0.39 is 27.0 Å². The molecule has 0 saturated heterocycles. The van der Waals surface area contributed by atoms with E-state index >= 15 is 0 Å². The van der Waals surface area contributed by atoms with Crippen molar-refractivity contribution in [2.24, 2.45) is 0 Å². The van der Waals surface area contributed by atoms with Crippen molar-refractivity contribution >= 4 is 43.5 Å². The zero-order valence-electron chi connectivity index (χ0n) is 19.6. The number of rotatable bonds is 1. The molecule has 8 bridgehead atoms. The van der Waals surface area contributed by atoms with Gasteiger partial charge in [0.1, 0.15) is 12.0 Å². The van der Waals surface area contributed by atoms with Gasteiger partial charge in [0.05, 0.1) is 23.0 Å². The molecule has 5 aromatic rings. The van der Waals surface area contributed by atoms with Crippen LogP contribution in [0.3, 0.4) is 0 Å². The number of nitrogens with zero attached hydrogens (tertiary/aromatic N) is 4. The highest BCUT2D eigenvalue weighted by Crippen LogP contribution is 2.39. The van der Waals surface area contributed by atoms with Crippen molar-refractivity contribution in [3.63, 3.8) is 0 Å². The average Bonchev–Trinajstić information content (AvgIpc) is 3.36. The summed E-state index contributed by atoms with van der Waals surface area (Å²) in [7, 11) is -2.86. The Morgan fingerprint density at radius 2 is 1.92 bits per heavy atom. The van der Waals surface area contributed by atoms with E-state index in [0.717, 1.165) is 27.3 Å². The van der Waals surface area contributed by atoms with Crippen LogP contribution in [0.2, 0.25) is 0 Å². The van der Waals surface area contributed by atoms with Crippen LogP contribution < -0.4 is 14.8 Å². The number of carbonyl (C=O) groups is 1. The van der Waals surface area contributed by atoms with Crippen LogP contribution >= 0.6 is 11.3 Å². The van der Waals surface area contributed by atoms with Gasteiger partial charge in [-0.15, -0.1) is 11.3 Å². The molecule has 4 aromatic heterocycles. The first kappa shape index (κ1) is 24.0. The lowest BCUT2D eigenvalue weighted by Gasteiger charge is -2.12. The number of benzene rings is 1. The molecule has 38 heavy (non-hydrogen) atoms. The predicted molar refractivity (Wildman–Crippen MR) is 141 cm³/mol. The van der Waals surface area contributed by atoms with Crippen LogP contribution in [0.15, 0.2) is 66.2 Å². The zero-order valence-corrected chi connectivity index (χ0v) is 21.3. The highest BCUT2D eigenvalue weighted by molar-refractivity contribution is 7.99. The Balaban J connectivity index is 1.58. The summed E-state index contributed by atoms with van der Waals surface area (Å²) < 4.78 is 47.5. The Hall–Kier alpha value is -4.33. The summed E-state index contributed by atoms with van der Waals surface area (Å²) in [5.74, 6) is -1.48. The van der Waals surface area contributed by atoms with E-state index in [-0.39, 0.29) is 23.7 Å². The first-order valence-corrected chi connectivity index (χ1v) is 13.5. The molecule has 13 heteroatoms. The third-order valence-electron chi connectivity index (χ3n) is 5.90. The minimum Gasteiger partial charge on any atom is -0.479 e. The Labute approximate surface area is 220 Å². The van der Waals surface area contributed by atoms with Crippen molar-refractivity contribution < 1.29 is 22.7 Å². The molecule has 1 atom stereocenters. The predicted octanol–water partition coefficient (Wildman–Crippen LogP) is 4.56. The highest BCUT2D eigenvalue weighted by Gasteiger charge is 2.36. The van der Waals surface area contributed by atoms with Crippen molar-refractivity contribution in [1.82, 2.24) is 25.3 Å². The minimum atomic E-state index is -4.22. The van der Waals surface area contributed by atoms with Crippen molar-refractivity contribution in [2.45, 2.75) is 11.4 Å². The van der Waals surface area contributed by atoms with E-state index in [0.29, 0.717) is 22.3 Å². The number of nitrogens with one attached hydrogen (secondary N) is 2. The fourth-order valence-corrected chi connectivity index (χ4v) is 6.36. The van der Waals surface area contributed by atoms with E-state index in [1.807, 2.05) is 12.1 Å². The lowest BCUT2D eigenvalue weighted by atomic mass is 10.1. The lowest BCUT2D eigenvalue weighted by molar-refractivity contribution is 0.0950. The summed E-state index contributed by atoms with van der Waals surface area (Å²) >= 11 is 1.41. The molecule has 0 spiro atoms. The second-order valence-corrected chi connectivity index (χ2v) is 11.1. The van der Waals surface area contributed by atoms with Gasteiger partial charge in [0.25, 0.3) is 10.8 Å². The molecular weight excluding hydrogens is 531 g/mol. The van der Waals surface area contributed by atoms with Gasteiger partial charge in [0.15, 0.2) is 5.82 Å². The van der Waals surface area contributed by atoms with Gasteiger partial charge in [-0.1, -0.05) is 0 Å². The monoisotopic (exact) mass is 549 g/mol. The Bertz CT molecular complexity index is 1790. The standard InChI is InChI=1S/C25H17FN6O4S2/c1-36-25-19-5-15(11-29-25)20-7-18-23(37-20)22(31-12-30-18)16-4-13(8-27-10-16)9-28-24(33)14-2-3-17(26)21(6-14)38(34,35)32-19/h2-8,10-12H,9H2,1H3,(H2-,28,32,33,34,35)/p+1. The normalized spacial score (nSPS) is 16.9. The number of pyridine rings is 2. The molecule has 1 aromatic carbocycles. The summed E-state index contributed by atoms with van der Waals surface area (Å²) in [6.07, 6.45) is 6.33. The number of carbonyl (C=O) groups excluding carboxylic acids is 1. The third-order valence-corrected chi connectivity index (χ3v) is 8.49. The fraction of sp³-hybridized carbons (Fsp3) is 0.0800. The number of halogens is 1. The molecule has 5 heterocycles. The van der Waals surface area contributed by atoms with E-state index in [9.17, 15) is 17.9 Å². The van der Waals surface area contributed by atoms with E-state index in [4.69, 9.17) is 4.74 Å². The number of anilines is 1. The molecule has 3 N–H and O–H groups in total. The largest absolute Gasteiger partial charge is 0.479 e. The van der Waals surface area contributed by atoms with Crippen molar-refractivity contribution in [3.8, 4) is 27.6 Å². The molecule has 10 nitrogen and oxygen atoms in total. The molecule has 0 radical (unpaired) electrons. The quantitative estimate of drug-likeness (QED) is 0.259. The number of hydrogen-bond acceptors (Lipinski definition) is 8. The van der Waals surface area contributed by atoms with E-state index in [2.05, 4.69) is 30.0 Å². The molecule has 6 rings (SSSR count). The van der Waals surface area contributed by atoms with Crippen LogP contribution in [0.4, 0.5) is 10.1 Å². The summed E-state index contributed by atoms with van der Waals surface area (Å²) in [5, 5.41) is 2.74. The molecule has 0 saturated carbocycles. The van der Waals surface area contributed by atoms with Crippen LogP contribution in [-0.2, 0) is 21.2 Å². The van der Waals surface area contributed by atoms with Crippen LogP contribution in [0.1, 0.15) is 15.9 Å². The van der Waals surface area contributed by atoms with E-state index in [1.54, 1.807) is 24.7 Å². The van der Waals surface area contributed by atoms with Gasteiger partial charge >= 0.3 is 10.4 Å². The van der Waals surface area contributed by atoms with Crippen LogP contribution in [0.5, 0.6) is 5.88 Å². The first-order valence-electron chi connectivity index (χ1n) is 11.2. The molecule has 0 aliphatic carbocycles. The van der Waals surface area contributed by atoms with Gasteiger partial charge in [0, 0.05) is 52.8 Å². The topological polar surface area (TPSA) is 139 Å². The second-order valence-electron chi connectivity index (χ2n) is 8.37. The highest BCUT2D eigenvalue weighted by atomic mass is 32.3. The molecular formula is C25H18FN6O4S2+. The third kappa shape index (κ3) is 4.26. The number of thiophene rings is 1. The number of methoxy groups -OCH3 is 1. The smallest absolute Gasteiger partial charge is 0.349 e. The summed E-state index contributed by atoms with van der Waals surface area (Å²) in [6.45, 7) is 0.122. The molecule has 1 unspecified atom stereocenters. The lowest BCUT2D eigenvalue weighted by Crippen LogP contribution is -2.26. The number of amides is 1. The van der Waals surface area contributed by atoms with E-state index in [1.165, 1.54) is 30.8 Å². The Morgan fingerprint density at radius 1 is 1.05 bits per heavy atom. The van der Waals surface area contributed by atoms with Crippen LogP contribution in [0.25, 0.3) is 31.9 Å². The summed E-state index contributed by atoms with van der Waals surface area (Å²) in [4.78, 5) is 30.5. The Morgan fingerprint density at radius 3 is 2.76 bits per heavy atom. The number of fused-ring (bicyclic) bond motifs is 9. The second kappa shape index (κ2) is 9.20. The Kier molecular flexibility index (Phi) is 5.82. The van der Waals surface area contributed by atoms with Gasteiger partial charge in [-0.2, -0.15) is 9.27 Å². The molecule has 1 amide bonds. The maximum Gasteiger partial charge on any atom is 0.349 e. The van der Waals surface area contributed by atoms with Crippen LogP contribution in [-0.4, -0.2) is 37.5 Å². The van der Waals surface area contributed by atoms with Gasteiger partial charge < -0.3 is 10.1 Å². The summed E-state index contributed by atoms with van der Waals surface area (Å²) in [6, 6.07) is 8.57. The van der Waals surface area contributed by atoms with Crippen molar-refractivity contribution in [3.05, 3.63) is 78.3 Å². The SMILES string of the molecule is COc1ncc2cc1N[S+](=O)(O)c1cc(ccc1F)C(=O)NCc1cncc(c1)-c1ncnc3cc-2sc13. The summed E-state index contributed by atoms with van der Waals surface area (Å²) in [5.41, 5.74) is 3.51. The van der Waals surface area contributed by atoms with Crippen LogP contribution in [0, 0.1) is 5.82 Å². The maximum atomic E-state index is 14.8. The van der Waals surface area contributed by atoms with Crippen molar-refractivity contribution in [1.29, 1.82) is 0 Å². The van der Waals surface area contributed by atoms with Crippen molar-refractivity contribution in [2.75, 3.05) is 11.8 Å². The minimum absolute atomic E-state index is 0.0105. The number of hydrogen-bond donors (Lipinski definition) is 3. The van der Waals surface area contributed by atoms with Gasteiger partial charge in [-0.25, -0.2) is 19.3 Å². The average molecular weight is 550 g/mol. The first-order chi connectivity index (χ1) is 18.3. The maximum absolute atomic E-state index is 14.8. The number of aromatic nitrogens is 4. The zero-order chi connectivity index (χ0) is 26.4. The van der Waals surface area contributed by atoms with Gasteiger partial charge in [-0.05, 0) is 40.1 Å². The number of ether oxygens (including phenoxy) is 1. The molecule has 1 aliphatic rings. The molecule has 1 aliphatic heterocycles. The van der Waals surface area contributed by atoms with Gasteiger partial charge in [-0.3, -0.25) is 9.78 Å². The molecule has 0 fully saturated rings.